The van der Waals surface area contributed by atoms with Gasteiger partial charge >= 0.3 is 0 Å². The number of carbonyl (C=O) groups excluding carboxylic acids is 1. The van der Waals surface area contributed by atoms with Crippen LogP contribution in [-0.4, -0.2) is 35.4 Å². The van der Waals surface area contributed by atoms with Crippen LogP contribution in [0.25, 0.3) is 0 Å². The van der Waals surface area contributed by atoms with Crippen molar-refractivity contribution in [3.8, 4) is 0 Å². The molecule has 1 aliphatic rings. The van der Waals surface area contributed by atoms with E-state index in [9.17, 15) is 4.79 Å². The van der Waals surface area contributed by atoms with Gasteiger partial charge in [0.15, 0.2) is 0 Å². The zero-order valence-corrected chi connectivity index (χ0v) is 10.3. The highest BCUT2D eigenvalue weighted by Gasteiger charge is 2.25. The van der Waals surface area contributed by atoms with Crippen LogP contribution >= 0.6 is 0 Å². The summed E-state index contributed by atoms with van der Waals surface area (Å²) in [5.41, 5.74) is 2.55. The number of nitrogens with one attached hydrogen (secondary N) is 1. The summed E-state index contributed by atoms with van der Waals surface area (Å²) in [4.78, 5) is 12.0. The minimum absolute atomic E-state index is 0.0551. The van der Waals surface area contributed by atoms with E-state index < -0.39 is 6.04 Å². The second kappa shape index (κ2) is 5.98. The molecule has 4 nitrogen and oxygen atoms in total. The molecular weight excluding hydrogens is 230 g/mol. The fraction of sp³-hybridized carbons (Fsp3) is 0.500. The van der Waals surface area contributed by atoms with Crippen molar-refractivity contribution < 1.29 is 15.0 Å². The third-order valence-corrected chi connectivity index (χ3v) is 3.50. The molecule has 0 aliphatic heterocycles. The van der Waals surface area contributed by atoms with E-state index in [0.29, 0.717) is 0 Å². The molecule has 1 atom stereocenters. The standard InChI is InChI=1S/C14H19NO3/c16-8-13(9-17)15-14(18)12-6-5-10-3-1-2-4-11(10)7-12/h1-4,12-13,16-17H,5-9H2,(H,15,18). The molecule has 0 spiro atoms. The molecule has 98 valence electrons. The average molecular weight is 249 g/mol. The van der Waals surface area contributed by atoms with Gasteiger partial charge in [0.25, 0.3) is 0 Å². The van der Waals surface area contributed by atoms with Gasteiger partial charge in [0, 0.05) is 5.92 Å². The molecule has 1 aromatic carbocycles. The summed E-state index contributed by atoms with van der Waals surface area (Å²) in [6, 6.07) is 7.63. The summed E-state index contributed by atoms with van der Waals surface area (Å²) >= 11 is 0. The van der Waals surface area contributed by atoms with Crippen LogP contribution in [-0.2, 0) is 17.6 Å². The lowest BCUT2D eigenvalue weighted by Gasteiger charge is -2.25. The highest BCUT2D eigenvalue weighted by Crippen LogP contribution is 2.25. The first kappa shape index (κ1) is 13.1. The average Bonchev–Trinajstić information content (AvgIpc) is 2.44. The van der Waals surface area contributed by atoms with Gasteiger partial charge in [0.1, 0.15) is 0 Å². The molecule has 4 heteroatoms. The van der Waals surface area contributed by atoms with E-state index in [1.165, 1.54) is 11.1 Å². The smallest absolute Gasteiger partial charge is 0.223 e. The predicted octanol–water partition coefficient (Wildman–Crippen LogP) is 0.261. The number of rotatable bonds is 4. The largest absolute Gasteiger partial charge is 0.394 e. The van der Waals surface area contributed by atoms with E-state index in [2.05, 4.69) is 17.4 Å². The Bertz CT molecular complexity index is 415. The van der Waals surface area contributed by atoms with Gasteiger partial charge in [-0.2, -0.15) is 0 Å². The summed E-state index contributed by atoms with van der Waals surface area (Å²) in [5.74, 6) is -0.127. The highest BCUT2D eigenvalue weighted by atomic mass is 16.3. The third-order valence-electron chi connectivity index (χ3n) is 3.50. The van der Waals surface area contributed by atoms with Crippen LogP contribution in [0.3, 0.4) is 0 Å². The fourth-order valence-corrected chi connectivity index (χ4v) is 2.39. The molecule has 0 saturated heterocycles. The normalized spacial score (nSPS) is 18.5. The number of hydrogen-bond donors (Lipinski definition) is 3. The summed E-state index contributed by atoms with van der Waals surface area (Å²) in [6.07, 6.45) is 2.48. The maximum Gasteiger partial charge on any atom is 0.223 e. The molecule has 1 aromatic rings. The molecule has 3 N–H and O–H groups in total. The summed E-state index contributed by atoms with van der Waals surface area (Å²) < 4.78 is 0. The number of carbonyl (C=O) groups is 1. The molecule has 18 heavy (non-hydrogen) atoms. The Kier molecular flexibility index (Phi) is 4.33. The molecule has 0 aromatic heterocycles. The number of benzene rings is 1. The molecule has 0 saturated carbocycles. The monoisotopic (exact) mass is 249 g/mol. The van der Waals surface area contributed by atoms with Crippen LogP contribution < -0.4 is 5.32 Å². The van der Waals surface area contributed by atoms with Gasteiger partial charge in [-0.05, 0) is 30.4 Å². The second-order valence-electron chi connectivity index (χ2n) is 4.78. The summed E-state index contributed by atoms with van der Waals surface area (Å²) in [6.45, 7) is -0.461. The van der Waals surface area contributed by atoms with Crippen LogP contribution in [0.2, 0.25) is 0 Å². The topological polar surface area (TPSA) is 69.6 Å². The maximum absolute atomic E-state index is 12.0. The van der Waals surface area contributed by atoms with E-state index in [1.54, 1.807) is 0 Å². The van der Waals surface area contributed by atoms with Crippen molar-refractivity contribution in [3.63, 3.8) is 0 Å². The Morgan fingerprint density at radius 1 is 1.28 bits per heavy atom. The SMILES string of the molecule is O=C(NC(CO)CO)C1CCc2ccccc2C1. The molecule has 0 fully saturated rings. The second-order valence-corrected chi connectivity index (χ2v) is 4.78. The maximum atomic E-state index is 12.0. The molecule has 0 heterocycles. The number of fused-ring (bicyclic) bond motifs is 1. The lowest BCUT2D eigenvalue weighted by atomic mass is 9.83. The number of hydrogen-bond acceptors (Lipinski definition) is 3. The zero-order chi connectivity index (χ0) is 13.0. The Morgan fingerprint density at radius 3 is 2.61 bits per heavy atom. The van der Waals surface area contributed by atoms with Crippen LogP contribution in [0.15, 0.2) is 24.3 Å². The summed E-state index contributed by atoms with van der Waals surface area (Å²) in [5, 5.41) is 20.6. The van der Waals surface area contributed by atoms with E-state index in [4.69, 9.17) is 10.2 Å². The summed E-state index contributed by atoms with van der Waals surface area (Å²) in [7, 11) is 0. The molecule has 1 amide bonds. The van der Waals surface area contributed by atoms with Crippen LogP contribution in [0.1, 0.15) is 17.5 Å². The number of amides is 1. The molecule has 1 aliphatic carbocycles. The lowest BCUT2D eigenvalue weighted by molar-refractivity contribution is -0.126. The predicted molar refractivity (Wildman–Crippen MR) is 68.1 cm³/mol. The van der Waals surface area contributed by atoms with Gasteiger partial charge in [0.05, 0.1) is 19.3 Å². The molecule has 0 radical (unpaired) electrons. The Labute approximate surface area is 107 Å². The van der Waals surface area contributed by atoms with Crippen molar-refractivity contribution >= 4 is 5.91 Å². The first-order valence-electron chi connectivity index (χ1n) is 6.33. The number of aliphatic hydroxyl groups is 2. The first-order valence-corrected chi connectivity index (χ1v) is 6.33. The van der Waals surface area contributed by atoms with Crippen molar-refractivity contribution in [3.05, 3.63) is 35.4 Å². The Morgan fingerprint density at radius 2 is 1.94 bits per heavy atom. The van der Waals surface area contributed by atoms with Gasteiger partial charge < -0.3 is 15.5 Å². The minimum Gasteiger partial charge on any atom is -0.394 e. The van der Waals surface area contributed by atoms with Crippen molar-refractivity contribution in [1.82, 2.24) is 5.32 Å². The third kappa shape index (κ3) is 2.89. The molecule has 2 rings (SSSR count). The van der Waals surface area contributed by atoms with E-state index in [-0.39, 0.29) is 25.0 Å². The van der Waals surface area contributed by atoms with Crippen molar-refractivity contribution in [2.24, 2.45) is 5.92 Å². The molecule has 0 bridgehead atoms. The molecular formula is C14H19NO3. The van der Waals surface area contributed by atoms with Crippen LogP contribution in [0.5, 0.6) is 0 Å². The molecule has 1 unspecified atom stereocenters. The van der Waals surface area contributed by atoms with E-state index in [1.807, 2.05) is 12.1 Å². The van der Waals surface area contributed by atoms with E-state index in [0.717, 1.165) is 19.3 Å². The van der Waals surface area contributed by atoms with Crippen molar-refractivity contribution in [2.75, 3.05) is 13.2 Å². The fourth-order valence-electron chi connectivity index (χ4n) is 2.39. The Hall–Kier alpha value is -1.39. The quantitative estimate of drug-likeness (QED) is 0.717. The zero-order valence-electron chi connectivity index (χ0n) is 10.3. The van der Waals surface area contributed by atoms with Crippen LogP contribution in [0, 0.1) is 5.92 Å². The highest BCUT2D eigenvalue weighted by molar-refractivity contribution is 5.79. The van der Waals surface area contributed by atoms with Crippen molar-refractivity contribution in [1.29, 1.82) is 0 Å². The van der Waals surface area contributed by atoms with Gasteiger partial charge in [-0.15, -0.1) is 0 Å². The minimum atomic E-state index is -0.547. The van der Waals surface area contributed by atoms with Crippen LogP contribution in [0.4, 0.5) is 0 Å². The lowest BCUT2D eigenvalue weighted by Crippen LogP contribution is -2.44. The van der Waals surface area contributed by atoms with Gasteiger partial charge in [0.2, 0.25) is 5.91 Å². The Balaban J connectivity index is 1.98. The first-order chi connectivity index (χ1) is 8.74. The van der Waals surface area contributed by atoms with Gasteiger partial charge in [-0.1, -0.05) is 24.3 Å². The van der Waals surface area contributed by atoms with Gasteiger partial charge in [-0.25, -0.2) is 0 Å². The number of aryl methyl sites for hydroxylation is 1. The number of aliphatic hydroxyl groups excluding tert-OH is 2. The van der Waals surface area contributed by atoms with Crippen molar-refractivity contribution in [2.45, 2.75) is 25.3 Å². The van der Waals surface area contributed by atoms with E-state index >= 15 is 0 Å². The van der Waals surface area contributed by atoms with Gasteiger partial charge in [-0.3, -0.25) is 4.79 Å².